The second-order valence-corrected chi connectivity index (χ2v) is 3.43. The van der Waals surface area contributed by atoms with Crippen LogP contribution in [0.25, 0.3) is 10.8 Å². The van der Waals surface area contributed by atoms with Gasteiger partial charge in [0.25, 0.3) is 0 Å². The number of carbonyl (C=O) groups is 1. The molecule has 4 heteroatoms. The summed E-state index contributed by atoms with van der Waals surface area (Å²) in [6, 6.07) is 6.90. The van der Waals surface area contributed by atoms with Crippen molar-refractivity contribution in [1.29, 1.82) is 0 Å². The number of fused-ring (bicyclic) bond motifs is 1. The van der Waals surface area contributed by atoms with Gasteiger partial charge in [-0.15, -0.1) is 0 Å². The minimum atomic E-state index is -0.652. The van der Waals surface area contributed by atoms with Crippen LogP contribution in [0.1, 0.15) is 16.1 Å². The summed E-state index contributed by atoms with van der Waals surface area (Å²) < 4.78 is 9.39. The van der Waals surface area contributed by atoms with Crippen molar-refractivity contribution in [2.24, 2.45) is 0 Å². The fraction of sp³-hybridized carbons (Fsp3) is 0.167. The smallest absolute Gasteiger partial charge is 0.374 e. The van der Waals surface area contributed by atoms with E-state index in [9.17, 15) is 9.59 Å². The fourth-order valence-corrected chi connectivity index (χ4v) is 1.61. The van der Waals surface area contributed by atoms with E-state index >= 15 is 0 Å². The van der Waals surface area contributed by atoms with Gasteiger partial charge in [-0.05, 0) is 23.9 Å². The first-order chi connectivity index (χ1) is 7.63. The molecule has 0 fully saturated rings. The lowest BCUT2D eigenvalue weighted by Crippen LogP contribution is -2.09. The summed E-state index contributed by atoms with van der Waals surface area (Å²) in [7, 11) is 1.24. The second-order valence-electron chi connectivity index (χ2n) is 3.43. The molecule has 0 amide bonds. The highest BCUT2D eigenvalue weighted by Crippen LogP contribution is 2.16. The number of methoxy groups -OCH3 is 1. The molecule has 2 aromatic rings. The Hall–Kier alpha value is -2.10. The average molecular weight is 218 g/mol. The van der Waals surface area contributed by atoms with Crippen LogP contribution in [0, 0.1) is 6.92 Å². The number of hydrogen-bond donors (Lipinski definition) is 0. The van der Waals surface area contributed by atoms with E-state index in [1.807, 2.05) is 19.1 Å². The molecule has 0 bridgehead atoms. The summed E-state index contributed by atoms with van der Waals surface area (Å²) in [6.07, 6.45) is 0. The molecule has 0 saturated carbocycles. The standard InChI is InChI=1S/C12H10O4/c1-7-4-3-5-8-6-9(11(13)15-2)16-12(14)10(7)8/h3-6H,1-2H3. The molecule has 0 aliphatic heterocycles. The molecule has 1 aromatic carbocycles. The molecule has 82 valence electrons. The molecular formula is C12H10O4. The quantitative estimate of drug-likeness (QED) is 0.686. The molecule has 1 heterocycles. The first kappa shape index (κ1) is 10.4. The molecule has 0 N–H and O–H groups in total. The van der Waals surface area contributed by atoms with Gasteiger partial charge in [-0.1, -0.05) is 18.2 Å². The highest BCUT2D eigenvalue weighted by Gasteiger charge is 2.12. The van der Waals surface area contributed by atoms with E-state index < -0.39 is 11.6 Å². The fourth-order valence-electron chi connectivity index (χ4n) is 1.61. The van der Waals surface area contributed by atoms with Gasteiger partial charge in [-0.2, -0.15) is 0 Å². The van der Waals surface area contributed by atoms with Crippen LogP contribution in [0.2, 0.25) is 0 Å². The molecule has 1 aromatic heterocycles. The Morgan fingerprint density at radius 3 is 2.81 bits per heavy atom. The Morgan fingerprint density at radius 1 is 1.38 bits per heavy atom. The van der Waals surface area contributed by atoms with Gasteiger partial charge < -0.3 is 9.15 Å². The molecule has 0 radical (unpaired) electrons. The summed E-state index contributed by atoms with van der Waals surface area (Å²) in [5.74, 6) is -0.730. The van der Waals surface area contributed by atoms with Gasteiger partial charge in [0.2, 0.25) is 5.76 Å². The zero-order chi connectivity index (χ0) is 11.7. The van der Waals surface area contributed by atoms with Crippen LogP contribution in [0.3, 0.4) is 0 Å². The summed E-state index contributed by atoms with van der Waals surface area (Å²) in [6.45, 7) is 1.82. The van der Waals surface area contributed by atoms with E-state index in [1.165, 1.54) is 13.2 Å². The number of hydrogen-bond acceptors (Lipinski definition) is 4. The van der Waals surface area contributed by atoms with Gasteiger partial charge in [-0.25, -0.2) is 9.59 Å². The maximum atomic E-state index is 11.7. The van der Waals surface area contributed by atoms with Gasteiger partial charge in [0, 0.05) is 0 Å². The summed E-state index contributed by atoms with van der Waals surface area (Å²) >= 11 is 0. The van der Waals surface area contributed by atoms with E-state index in [4.69, 9.17) is 4.42 Å². The molecule has 0 atom stereocenters. The van der Waals surface area contributed by atoms with Crippen LogP contribution in [-0.4, -0.2) is 13.1 Å². The zero-order valence-corrected chi connectivity index (χ0v) is 8.94. The third kappa shape index (κ3) is 1.58. The molecule has 16 heavy (non-hydrogen) atoms. The molecule has 0 spiro atoms. The lowest BCUT2D eigenvalue weighted by Gasteiger charge is -2.02. The second kappa shape index (κ2) is 3.81. The lowest BCUT2D eigenvalue weighted by atomic mass is 10.1. The third-order valence-corrected chi connectivity index (χ3v) is 2.38. The lowest BCUT2D eigenvalue weighted by molar-refractivity contribution is 0.0560. The first-order valence-corrected chi connectivity index (χ1v) is 4.75. The summed E-state index contributed by atoms with van der Waals surface area (Å²) in [5, 5.41) is 1.17. The maximum absolute atomic E-state index is 11.7. The molecule has 4 nitrogen and oxygen atoms in total. The topological polar surface area (TPSA) is 56.5 Å². The van der Waals surface area contributed by atoms with Gasteiger partial charge in [-0.3, -0.25) is 0 Å². The van der Waals surface area contributed by atoms with Crippen LogP contribution in [0.5, 0.6) is 0 Å². The van der Waals surface area contributed by atoms with Crippen molar-refractivity contribution in [3.05, 3.63) is 46.0 Å². The van der Waals surface area contributed by atoms with Crippen LogP contribution in [-0.2, 0) is 4.74 Å². The Kier molecular flexibility index (Phi) is 2.48. The average Bonchev–Trinajstić information content (AvgIpc) is 2.27. The summed E-state index contributed by atoms with van der Waals surface area (Å²) in [5.41, 5.74) is 0.304. The van der Waals surface area contributed by atoms with Gasteiger partial charge in [0.05, 0.1) is 12.5 Å². The Balaban J connectivity index is 2.79. The van der Waals surface area contributed by atoms with Crippen LogP contribution < -0.4 is 5.63 Å². The predicted octanol–water partition coefficient (Wildman–Crippen LogP) is 1.89. The number of carbonyl (C=O) groups excluding carboxylic acids is 1. The molecule has 0 aliphatic carbocycles. The third-order valence-electron chi connectivity index (χ3n) is 2.38. The van der Waals surface area contributed by atoms with Crippen molar-refractivity contribution >= 4 is 16.7 Å². The van der Waals surface area contributed by atoms with Gasteiger partial charge >= 0.3 is 11.6 Å². The molecule has 0 saturated heterocycles. The van der Waals surface area contributed by atoms with E-state index in [1.54, 1.807) is 6.07 Å². The van der Waals surface area contributed by atoms with Crippen molar-refractivity contribution in [3.63, 3.8) is 0 Å². The Labute approximate surface area is 91.4 Å². The van der Waals surface area contributed by atoms with Crippen LogP contribution in [0.4, 0.5) is 0 Å². The number of ether oxygens (including phenoxy) is 1. The zero-order valence-electron chi connectivity index (χ0n) is 8.94. The monoisotopic (exact) mass is 218 g/mol. The molecule has 2 rings (SSSR count). The Bertz CT molecular complexity index is 610. The van der Waals surface area contributed by atoms with Gasteiger partial charge in [0.15, 0.2) is 0 Å². The van der Waals surface area contributed by atoms with Gasteiger partial charge in [0.1, 0.15) is 0 Å². The van der Waals surface area contributed by atoms with Crippen molar-refractivity contribution in [3.8, 4) is 0 Å². The van der Waals surface area contributed by atoms with Crippen molar-refractivity contribution in [1.82, 2.24) is 0 Å². The minimum Gasteiger partial charge on any atom is -0.463 e. The highest BCUT2D eigenvalue weighted by molar-refractivity contribution is 5.92. The summed E-state index contributed by atoms with van der Waals surface area (Å²) in [4.78, 5) is 22.9. The largest absolute Gasteiger partial charge is 0.463 e. The molecule has 0 unspecified atom stereocenters. The van der Waals surface area contributed by atoms with Crippen molar-refractivity contribution in [2.45, 2.75) is 6.92 Å². The SMILES string of the molecule is COC(=O)c1cc2cccc(C)c2c(=O)o1. The normalized spacial score (nSPS) is 10.4. The number of benzene rings is 1. The van der Waals surface area contributed by atoms with E-state index in [0.717, 1.165) is 5.56 Å². The number of esters is 1. The van der Waals surface area contributed by atoms with Crippen LogP contribution in [0.15, 0.2) is 33.5 Å². The highest BCUT2D eigenvalue weighted by atomic mass is 16.5. The van der Waals surface area contributed by atoms with Crippen LogP contribution >= 0.6 is 0 Å². The first-order valence-electron chi connectivity index (χ1n) is 4.75. The van der Waals surface area contributed by atoms with E-state index in [0.29, 0.717) is 10.8 Å². The maximum Gasteiger partial charge on any atom is 0.374 e. The minimum absolute atomic E-state index is 0.0781. The Morgan fingerprint density at radius 2 is 2.12 bits per heavy atom. The van der Waals surface area contributed by atoms with E-state index in [-0.39, 0.29) is 5.76 Å². The molecular weight excluding hydrogens is 208 g/mol. The van der Waals surface area contributed by atoms with Crippen molar-refractivity contribution < 1.29 is 13.9 Å². The predicted molar refractivity (Wildman–Crippen MR) is 58.6 cm³/mol. The number of rotatable bonds is 1. The number of aryl methyl sites for hydroxylation is 1. The molecule has 0 aliphatic rings. The van der Waals surface area contributed by atoms with Crippen molar-refractivity contribution in [2.75, 3.05) is 7.11 Å². The van der Waals surface area contributed by atoms with E-state index in [2.05, 4.69) is 4.74 Å².